The second kappa shape index (κ2) is 7.22. The number of anilines is 1. The van der Waals surface area contributed by atoms with Crippen molar-refractivity contribution < 1.29 is 0 Å². The van der Waals surface area contributed by atoms with Gasteiger partial charge in [0.25, 0.3) is 0 Å². The Balaban J connectivity index is 2.95. The largest absolute Gasteiger partial charge is 0.353 e. The van der Waals surface area contributed by atoms with E-state index < -0.39 is 0 Å². The van der Waals surface area contributed by atoms with Crippen molar-refractivity contribution in [2.75, 3.05) is 11.4 Å². The molecule has 0 saturated heterocycles. The normalized spacial score (nSPS) is 12.5. The Morgan fingerprint density at radius 1 is 1.47 bits per heavy atom. The molecule has 0 aliphatic carbocycles. The number of pyridine rings is 1. The van der Waals surface area contributed by atoms with Gasteiger partial charge in [0.05, 0.1) is 9.50 Å². The first-order valence-electron chi connectivity index (χ1n) is 6.17. The zero-order chi connectivity index (χ0) is 12.8. The van der Waals surface area contributed by atoms with Crippen LogP contribution in [0.15, 0.2) is 16.7 Å². The first-order chi connectivity index (χ1) is 8.10. The number of hydrogen-bond donors (Lipinski definition) is 0. The Hall–Kier alpha value is -0.280. The molecule has 4 heteroatoms. The van der Waals surface area contributed by atoms with Gasteiger partial charge >= 0.3 is 0 Å². The summed E-state index contributed by atoms with van der Waals surface area (Å²) in [6.45, 7) is 7.68. The van der Waals surface area contributed by atoms with E-state index in [2.05, 4.69) is 46.6 Å². The molecule has 0 bridgehead atoms. The predicted molar refractivity (Wildman–Crippen MR) is 79.0 cm³/mol. The van der Waals surface area contributed by atoms with Crippen LogP contribution in [0.4, 0.5) is 5.82 Å². The molecule has 1 unspecified atom stereocenters. The summed E-state index contributed by atoms with van der Waals surface area (Å²) in [4.78, 5) is 6.80. The van der Waals surface area contributed by atoms with Crippen LogP contribution < -0.4 is 4.90 Å². The molecule has 1 aromatic heterocycles. The summed E-state index contributed by atoms with van der Waals surface area (Å²) in [5.74, 6) is 0.997. The molecule has 0 aliphatic heterocycles. The van der Waals surface area contributed by atoms with Crippen molar-refractivity contribution in [1.82, 2.24) is 4.98 Å². The number of hydrogen-bond acceptors (Lipinski definition) is 2. The number of halogens is 2. The van der Waals surface area contributed by atoms with Gasteiger partial charge in [-0.3, -0.25) is 0 Å². The summed E-state index contributed by atoms with van der Waals surface area (Å²) >= 11 is 9.48. The van der Waals surface area contributed by atoms with Crippen LogP contribution in [0.5, 0.6) is 0 Å². The average Bonchev–Trinajstić information content (AvgIpc) is 2.31. The highest BCUT2D eigenvalue weighted by Crippen LogP contribution is 2.28. The molecule has 0 aliphatic rings. The van der Waals surface area contributed by atoms with Gasteiger partial charge in [-0.2, -0.15) is 0 Å². The molecule has 1 atom stereocenters. The van der Waals surface area contributed by atoms with Crippen LogP contribution >= 0.6 is 27.5 Å². The monoisotopic (exact) mass is 318 g/mol. The molecule has 0 amide bonds. The Labute approximate surface area is 118 Å². The Bertz CT molecular complexity index is 357. The van der Waals surface area contributed by atoms with Crippen molar-refractivity contribution in [3.8, 4) is 0 Å². The van der Waals surface area contributed by atoms with Crippen LogP contribution in [-0.4, -0.2) is 17.6 Å². The number of nitrogens with zero attached hydrogens (tertiary/aromatic N) is 2. The van der Waals surface area contributed by atoms with Crippen LogP contribution in [0.25, 0.3) is 0 Å². The fourth-order valence-electron chi connectivity index (χ4n) is 1.70. The fourth-order valence-corrected chi connectivity index (χ4v) is 2.57. The molecular formula is C13H20BrClN2. The summed E-state index contributed by atoms with van der Waals surface area (Å²) in [6, 6.07) is 2.40. The molecule has 0 aromatic carbocycles. The van der Waals surface area contributed by atoms with E-state index in [0.717, 1.165) is 23.3 Å². The van der Waals surface area contributed by atoms with Gasteiger partial charge in [0, 0.05) is 18.8 Å². The van der Waals surface area contributed by atoms with Crippen molar-refractivity contribution in [2.45, 2.75) is 46.1 Å². The lowest BCUT2D eigenvalue weighted by molar-refractivity contribution is 0.588. The summed E-state index contributed by atoms with van der Waals surface area (Å²) in [7, 11) is 0. The smallest absolute Gasteiger partial charge is 0.143 e. The van der Waals surface area contributed by atoms with E-state index in [-0.39, 0.29) is 0 Å². The first-order valence-corrected chi connectivity index (χ1v) is 7.34. The summed E-state index contributed by atoms with van der Waals surface area (Å²) in [6.07, 6.45) is 5.20. The maximum Gasteiger partial charge on any atom is 0.143 e. The minimum atomic E-state index is 0.492. The Morgan fingerprint density at radius 2 is 2.18 bits per heavy atom. The van der Waals surface area contributed by atoms with E-state index in [1.54, 1.807) is 6.20 Å². The second-order valence-electron chi connectivity index (χ2n) is 4.26. The summed E-state index contributed by atoms with van der Waals surface area (Å²) < 4.78 is 0.974. The lowest BCUT2D eigenvalue weighted by Crippen LogP contribution is -2.34. The summed E-state index contributed by atoms with van der Waals surface area (Å²) in [5, 5.41) is 0.667. The molecule has 1 rings (SSSR count). The van der Waals surface area contributed by atoms with E-state index in [1.165, 1.54) is 12.8 Å². The van der Waals surface area contributed by atoms with Gasteiger partial charge in [0.1, 0.15) is 5.82 Å². The molecule has 1 aromatic rings. The van der Waals surface area contributed by atoms with Crippen LogP contribution in [0.3, 0.4) is 0 Å². The number of unbranched alkanes of at least 4 members (excludes halogenated alkanes) is 1. The van der Waals surface area contributed by atoms with Gasteiger partial charge in [0.2, 0.25) is 0 Å². The first kappa shape index (κ1) is 14.8. The van der Waals surface area contributed by atoms with E-state index in [9.17, 15) is 0 Å². The highest BCUT2D eigenvalue weighted by Gasteiger charge is 2.16. The Kier molecular flexibility index (Phi) is 6.28. The quantitative estimate of drug-likeness (QED) is 0.741. The molecule has 1 heterocycles. The predicted octanol–water partition coefficient (Wildman–Crippen LogP) is 4.90. The van der Waals surface area contributed by atoms with Crippen molar-refractivity contribution in [3.05, 3.63) is 21.8 Å². The topological polar surface area (TPSA) is 16.1 Å². The van der Waals surface area contributed by atoms with E-state index in [1.807, 2.05) is 6.07 Å². The molecule has 17 heavy (non-hydrogen) atoms. The van der Waals surface area contributed by atoms with E-state index in [4.69, 9.17) is 11.6 Å². The van der Waals surface area contributed by atoms with E-state index >= 15 is 0 Å². The maximum absolute atomic E-state index is 5.93. The minimum Gasteiger partial charge on any atom is -0.353 e. The van der Waals surface area contributed by atoms with Gasteiger partial charge in [-0.05, 0) is 41.8 Å². The zero-order valence-electron chi connectivity index (χ0n) is 10.7. The van der Waals surface area contributed by atoms with Crippen LogP contribution in [-0.2, 0) is 0 Å². The van der Waals surface area contributed by atoms with Gasteiger partial charge < -0.3 is 4.90 Å². The molecular weight excluding hydrogens is 300 g/mol. The minimum absolute atomic E-state index is 0.492. The van der Waals surface area contributed by atoms with Gasteiger partial charge in [0.15, 0.2) is 0 Å². The summed E-state index contributed by atoms with van der Waals surface area (Å²) in [5.41, 5.74) is 0. The second-order valence-corrected chi connectivity index (χ2v) is 5.55. The van der Waals surface area contributed by atoms with Crippen molar-refractivity contribution in [1.29, 1.82) is 0 Å². The number of aromatic nitrogens is 1. The standard InChI is InChI=1S/C13H20BrClN2/c1-4-6-7-17(10(3)5-2)13-12(14)8-11(15)9-16-13/h8-10H,4-7H2,1-3H3. The maximum atomic E-state index is 5.93. The average molecular weight is 320 g/mol. The van der Waals surface area contributed by atoms with Crippen LogP contribution in [0, 0.1) is 0 Å². The highest BCUT2D eigenvalue weighted by molar-refractivity contribution is 9.10. The third-order valence-electron chi connectivity index (χ3n) is 2.94. The molecule has 0 N–H and O–H groups in total. The Morgan fingerprint density at radius 3 is 2.71 bits per heavy atom. The van der Waals surface area contributed by atoms with Crippen LogP contribution in [0.2, 0.25) is 5.02 Å². The molecule has 96 valence electrons. The molecule has 0 spiro atoms. The van der Waals surface area contributed by atoms with Gasteiger partial charge in [-0.1, -0.05) is 31.9 Å². The van der Waals surface area contributed by atoms with Gasteiger partial charge in [-0.25, -0.2) is 4.98 Å². The third kappa shape index (κ3) is 4.14. The molecule has 0 saturated carbocycles. The fraction of sp³-hybridized carbons (Fsp3) is 0.615. The third-order valence-corrected chi connectivity index (χ3v) is 3.73. The van der Waals surface area contributed by atoms with Crippen molar-refractivity contribution in [2.24, 2.45) is 0 Å². The lowest BCUT2D eigenvalue weighted by atomic mass is 10.2. The molecule has 0 fully saturated rings. The van der Waals surface area contributed by atoms with Crippen molar-refractivity contribution >= 4 is 33.3 Å². The lowest BCUT2D eigenvalue weighted by Gasteiger charge is -2.30. The van der Waals surface area contributed by atoms with Crippen LogP contribution in [0.1, 0.15) is 40.0 Å². The molecule has 0 radical (unpaired) electrons. The highest BCUT2D eigenvalue weighted by atomic mass is 79.9. The van der Waals surface area contributed by atoms with Crippen molar-refractivity contribution in [3.63, 3.8) is 0 Å². The van der Waals surface area contributed by atoms with Gasteiger partial charge in [-0.15, -0.1) is 0 Å². The SMILES string of the molecule is CCCCN(c1ncc(Cl)cc1Br)C(C)CC. The van der Waals surface area contributed by atoms with E-state index in [0.29, 0.717) is 11.1 Å². The zero-order valence-corrected chi connectivity index (χ0v) is 13.1. The number of rotatable bonds is 6. The molecule has 2 nitrogen and oxygen atoms in total.